The molecule has 1 N–H and O–H groups in total. The Morgan fingerprint density at radius 1 is 1.19 bits per heavy atom. The molecular weight excluding hydrogens is 402 g/mol. The number of likely N-dealkylation sites (tertiary alicyclic amines) is 1. The van der Waals surface area contributed by atoms with Crippen molar-refractivity contribution in [2.75, 3.05) is 13.1 Å². The zero-order chi connectivity index (χ0) is 18.7. The second-order valence-corrected chi connectivity index (χ2v) is 7.15. The molecular formula is C18H18BrN3O4. The normalized spacial score (nSPS) is 17.1. The van der Waals surface area contributed by atoms with E-state index in [-0.39, 0.29) is 24.6 Å². The van der Waals surface area contributed by atoms with Crippen LogP contribution < -0.4 is 5.56 Å². The zero-order valence-corrected chi connectivity index (χ0v) is 15.6. The number of amides is 1. The van der Waals surface area contributed by atoms with Gasteiger partial charge in [0.2, 0.25) is 5.91 Å². The van der Waals surface area contributed by atoms with Gasteiger partial charge in [-0.3, -0.25) is 14.4 Å². The number of aromatic nitrogens is 2. The Morgan fingerprint density at radius 3 is 2.62 bits per heavy atom. The number of halogens is 1. The lowest BCUT2D eigenvalue weighted by atomic mass is 9.98. The number of rotatable bonds is 4. The standard InChI is InChI=1S/C18H18BrN3O4/c19-14-5-3-12(4-6-14)15-7-8-16(23)22(20-15)11-17(24)21-9-1-2-13(10-21)18(25)26/h3-8,13H,1-2,9-11H2,(H,25,26)/t13-/m1/s1. The van der Waals surface area contributed by atoms with Crippen LogP contribution in [0.1, 0.15) is 12.8 Å². The van der Waals surface area contributed by atoms with E-state index >= 15 is 0 Å². The van der Waals surface area contributed by atoms with Crippen molar-refractivity contribution in [3.63, 3.8) is 0 Å². The summed E-state index contributed by atoms with van der Waals surface area (Å²) in [6, 6.07) is 10.5. The number of carbonyl (C=O) groups is 2. The molecule has 136 valence electrons. The molecule has 0 spiro atoms. The van der Waals surface area contributed by atoms with Crippen molar-refractivity contribution >= 4 is 27.8 Å². The average molecular weight is 420 g/mol. The second kappa shape index (κ2) is 7.82. The van der Waals surface area contributed by atoms with E-state index in [1.807, 2.05) is 24.3 Å². The van der Waals surface area contributed by atoms with Gasteiger partial charge in [-0.05, 0) is 31.0 Å². The second-order valence-electron chi connectivity index (χ2n) is 6.24. The van der Waals surface area contributed by atoms with Crippen molar-refractivity contribution < 1.29 is 14.7 Å². The van der Waals surface area contributed by atoms with Crippen LogP contribution in [0.25, 0.3) is 11.3 Å². The monoisotopic (exact) mass is 419 g/mol. The molecule has 0 bridgehead atoms. The van der Waals surface area contributed by atoms with Crippen LogP contribution in [-0.2, 0) is 16.1 Å². The lowest BCUT2D eigenvalue weighted by Crippen LogP contribution is -2.44. The van der Waals surface area contributed by atoms with Crippen LogP contribution in [-0.4, -0.2) is 44.8 Å². The molecule has 1 aliphatic rings. The minimum atomic E-state index is -0.893. The first-order valence-electron chi connectivity index (χ1n) is 8.29. The summed E-state index contributed by atoms with van der Waals surface area (Å²) in [5, 5.41) is 13.4. The molecule has 3 rings (SSSR count). The van der Waals surface area contributed by atoms with Crippen molar-refractivity contribution in [2.24, 2.45) is 5.92 Å². The smallest absolute Gasteiger partial charge is 0.308 e. The van der Waals surface area contributed by atoms with Crippen LogP contribution in [0.2, 0.25) is 0 Å². The van der Waals surface area contributed by atoms with Gasteiger partial charge in [-0.25, -0.2) is 4.68 Å². The molecule has 1 saturated heterocycles. The van der Waals surface area contributed by atoms with Gasteiger partial charge in [0.25, 0.3) is 5.56 Å². The van der Waals surface area contributed by atoms with Gasteiger partial charge >= 0.3 is 5.97 Å². The topological polar surface area (TPSA) is 92.5 Å². The molecule has 0 saturated carbocycles. The number of hydrogen-bond acceptors (Lipinski definition) is 4. The van der Waals surface area contributed by atoms with Crippen molar-refractivity contribution in [2.45, 2.75) is 19.4 Å². The lowest BCUT2D eigenvalue weighted by Gasteiger charge is -2.30. The minimum Gasteiger partial charge on any atom is -0.481 e. The van der Waals surface area contributed by atoms with Crippen LogP contribution >= 0.6 is 15.9 Å². The molecule has 7 nitrogen and oxygen atoms in total. The first-order valence-corrected chi connectivity index (χ1v) is 9.08. The fourth-order valence-electron chi connectivity index (χ4n) is 2.97. The fourth-order valence-corrected chi connectivity index (χ4v) is 3.23. The summed E-state index contributed by atoms with van der Waals surface area (Å²) in [6.45, 7) is 0.481. The average Bonchev–Trinajstić information content (AvgIpc) is 2.64. The van der Waals surface area contributed by atoms with E-state index in [2.05, 4.69) is 21.0 Å². The van der Waals surface area contributed by atoms with E-state index in [1.165, 1.54) is 11.0 Å². The van der Waals surface area contributed by atoms with Crippen molar-refractivity contribution in [3.05, 3.63) is 51.2 Å². The summed E-state index contributed by atoms with van der Waals surface area (Å²) in [7, 11) is 0. The first-order chi connectivity index (χ1) is 12.4. The van der Waals surface area contributed by atoms with Crippen LogP contribution in [0.3, 0.4) is 0 Å². The molecule has 0 unspecified atom stereocenters. The maximum atomic E-state index is 12.5. The SMILES string of the molecule is O=C(O)[C@@H]1CCCN(C(=O)Cn2nc(-c3ccc(Br)cc3)ccc2=O)C1. The van der Waals surface area contributed by atoms with E-state index in [0.29, 0.717) is 25.1 Å². The van der Waals surface area contributed by atoms with Crippen LogP contribution in [0.15, 0.2) is 45.7 Å². The first kappa shape index (κ1) is 18.3. The molecule has 1 aromatic heterocycles. The zero-order valence-electron chi connectivity index (χ0n) is 14.0. The third-order valence-corrected chi connectivity index (χ3v) is 4.94. The fraction of sp³-hybridized carbons (Fsp3) is 0.333. The largest absolute Gasteiger partial charge is 0.481 e. The Balaban J connectivity index is 1.77. The molecule has 26 heavy (non-hydrogen) atoms. The van der Waals surface area contributed by atoms with Gasteiger partial charge in [-0.15, -0.1) is 0 Å². The Bertz CT molecular complexity index is 879. The predicted molar refractivity (Wildman–Crippen MR) is 98.6 cm³/mol. The molecule has 1 atom stereocenters. The van der Waals surface area contributed by atoms with Gasteiger partial charge in [-0.2, -0.15) is 5.10 Å². The summed E-state index contributed by atoms with van der Waals surface area (Å²) in [4.78, 5) is 37.2. The quantitative estimate of drug-likeness (QED) is 0.817. The van der Waals surface area contributed by atoms with Gasteiger partial charge in [0.1, 0.15) is 6.54 Å². The number of hydrogen-bond donors (Lipinski definition) is 1. The summed E-state index contributed by atoms with van der Waals surface area (Å²) < 4.78 is 2.06. The lowest BCUT2D eigenvalue weighted by molar-refractivity contribution is -0.145. The highest BCUT2D eigenvalue weighted by atomic mass is 79.9. The molecule has 1 aliphatic heterocycles. The van der Waals surface area contributed by atoms with Gasteiger partial charge in [0.15, 0.2) is 0 Å². The molecule has 2 heterocycles. The number of benzene rings is 1. The Labute approximate surface area is 158 Å². The van der Waals surface area contributed by atoms with Crippen LogP contribution in [0.5, 0.6) is 0 Å². The van der Waals surface area contributed by atoms with Crippen molar-refractivity contribution in [1.29, 1.82) is 0 Å². The van der Waals surface area contributed by atoms with Gasteiger partial charge in [0, 0.05) is 29.2 Å². The number of piperidine rings is 1. The maximum absolute atomic E-state index is 12.5. The highest BCUT2D eigenvalue weighted by molar-refractivity contribution is 9.10. The van der Waals surface area contributed by atoms with Gasteiger partial charge in [-0.1, -0.05) is 28.1 Å². The summed E-state index contributed by atoms with van der Waals surface area (Å²) in [5.74, 6) is -1.74. The Hall–Kier alpha value is -2.48. The van der Waals surface area contributed by atoms with E-state index in [1.54, 1.807) is 6.07 Å². The number of carbonyl (C=O) groups excluding carboxylic acids is 1. The maximum Gasteiger partial charge on any atom is 0.308 e. The number of nitrogens with zero attached hydrogens (tertiary/aromatic N) is 3. The third kappa shape index (κ3) is 4.19. The molecule has 1 aromatic carbocycles. The number of carboxylic acids is 1. The summed E-state index contributed by atoms with van der Waals surface area (Å²) in [5.41, 5.74) is 1.05. The predicted octanol–water partition coefficient (Wildman–Crippen LogP) is 2.00. The molecule has 1 fully saturated rings. The number of aliphatic carboxylic acids is 1. The summed E-state index contributed by atoms with van der Waals surface area (Å²) >= 11 is 3.37. The molecule has 0 aliphatic carbocycles. The van der Waals surface area contributed by atoms with E-state index in [4.69, 9.17) is 5.11 Å². The molecule has 8 heteroatoms. The Morgan fingerprint density at radius 2 is 1.92 bits per heavy atom. The van der Waals surface area contributed by atoms with Crippen molar-refractivity contribution in [1.82, 2.24) is 14.7 Å². The third-order valence-electron chi connectivity index (χ3n) is 4.41. The molecule has 1 amide bonds. The van der Waals surface area contributed by atoms with Gasteiger partial charge < -0.3 is 10.0 Å². The van der Waals surface area contributed by atoms with Crippen LogP contribution in [0, 0.1) is 5.92 Å². The van der Waals surface area contributed by atoms with Crippen LogP contribution in [0.4, 0.5) is 0 Å². The van der Waals surface area contributed by atoms with Crippen molar-refractivity contribution in [3.8, 4) is 11.3 Å². The van der Waals surface area contributed by atoms with E-state index < -0.39 is 11.9 Å². The molecule has 0 radical (unpaired) electrons. The van der Waals surface area contributed by atoms with Gasteiger partial charge in [0.05, 0.1) is 11.6 Å². The van der Waals surface area contributed by atoms with E-state index in [9.17, 15) is 14.4 Å². The van der Waals surface area contributed by atoms with E-state index in [0.717, 1.165) is 14.7 Å². The summed E-state index contributed by atoms with van der Waals surface area (Å²) in [6.07, 6.45) is 1.21. The minimum absolute atomic E-state index is 0.176. The highest BCUT2D eigenvalue weighted by Gasteiger charge is 2.28. The molecule has 2 aromatic rings. The number of carboxylic acid groups (broad SMARTS) is 1. The Kier molecular flexibility index (Phi) is 5.51. The highest BCUT2D eigenvalue weighted by Crippen LogP contribution is 2.19.